The Morgan fingerprint density at radius 1 is 1.47 bits per heavy atom. The third-order valence-corrected chi connectivity index (χ3v) is 3.12. The van der Waals surface area contributed by atoms with Crippen LogP contribution in [0.3, 0.4) is 0 Å². The quantitative estimate of drug-likeness (QED) is 0.737. The van der Waals surface area contributed by atoms with E-state index in [0.717, 1.165) is 25.0 Å². The van der Waals surface area contributed by atoms with E-state index in [2.05, 4.69) is 18.2 Å². The maximum absolute atomic E-state index is 8.69. The van der Waals surface area contributed by atoms with E-state index in [1.54, 1.807) is 7.11 Å². The Balaban J connectivity index is 2.20. The number of benzene rings is 1. The standard InChI is InChI=1S/C13H15NO/c1-15-13-5-4-11-3-2-10(6-7-14)8-12(11)9-13/h4-5,9-10H,2-3,6,8H2,1H3. The molecule has 0 aromatic heterocycles. The molecule has 0 heterocycles. The lowest BCUT2D eigenvalue weighted by Crippen LogP contribution is -2.13. The van der Waals surface area contributed by atoms with Crippen molar-refractivity contribution in [1.29, 1.82) is 5.26 Å². The Bertz CT molecular complexity index is 392. The molecule has 0 N–H and O–H groups in total. The van der Waals surface area contributed by atoms with Crippen LogP contribution in [0, 0.1) is 17.2 Å². The highest BCUT2D eigenvalue weighted by atomic mass is 16.5. The first-order valence-electron chi connectivity index (χ1n) is 5.36. The zero-order valence-electron chi connectivity index (χ0n) is 8.99. The predicted molar refractivity (Wildman–Crippen MR) is 58.7 cm³/mol. The number of aryl methyl sites for hydroxylation is 1. The monoisotopic (exact) mass is 201 g/mol. The van der Waals surface area contributed by atoms with E-state index in [0.29, 0.717) is 12.3 Å². The van der Waals surface area contributed by atoms with Crippen molar-refractivity contribution in [3.63, 3.8) is 0 Å². The Kier molecular flexibility index (Phi) is 2.91. The van der Waals surface area contributed by atoms with Crippen molar-refractivity contribution < 1.29 is 4.74 Å². The van der Waals surface area contributed by atoms with Crippen molar-refractivity contribution in [2.45, 2.75) is 25.7 Å². The Morgan fingerprint density at radius 3 is 3.07 bits per heavy atom. The normalized spacial score (nSPS) is 19.1. The Labute approximate surface area is 90.5 Å². The van der Waals surface area contributed by atoms with E-state index in [4.69, 9.17) is 10.00 Å². The summed E-state index contributed by atoms with van der Waals surface area (Å²) in [5.41, 5.74) is 2.78. The van der Waals surface area contributed by atoms with Gasteiger partial charge in [-0.1, -0.05) is 6.07 Å². The third-order valence-electron chi connectivity index (χ3n) is 3.12. The summed E-state index contributed by atoms with van der Waals surface area (Å²) < 4.78 is 5.21. The second kappa shape index (κ2) is 4.35. The fourth-order valence-corrected chi connectivity index (χ4v) is 2.24. The third kappa shape index (κ3) is 2.12. The maximum Gasteiger partial charge on any atom is 0.119 e. The van der Waals surface area contributed by atoms with Gasteiger partial charge >= 0.3 is 0 Å². The van der Waals surface area contributed by atoms with Crippen LogP contribution in [0.2, 0.25) is 0 Å². The molecular weight excluding hydrogens is 186 g/mol. The summed E-state index contributed by atoms with van der Waals surface area (Å²) >= 11 is 0. The van der Waals surface area contributed by atoms with Crippen molar-refractivity contribution in [2.24, 2.45) is 5.92 Å². The molecule has 0 spiro atoms. The molecule has 0 aliphatic heterocycles. The van der Waals surface area contributed by atoms with Crippen LogP contribution in [0.1, 0.15) is 24.0 Å². The van der Waals surface area contributed by atoms with Gasteiger partial charge in [-0.05, 0) is 48.4 Å². The van der Waals surface area contributed by atoms with Gasteiger partial charge in [-0.25, -0.2) is 0 Å². The van der Waals surface area contributed by atoms with Gasteiger partial charge in [0.1, 0.15) is 5.75 Å². The lowest BCUT2D eigenvalue weighted by molar-refractivity contribution is 0.410. The highest BCUT2D eigenvalue weighted by Gasteiger charge is 2.18. The van der Waals surface area contributed by atoms with Crippen molar-refractivity contribution in [1.82, 2.24) is 0 Å². The van der Waals surface area contributed by atoms with Crippen molar-refractivity contribution in [3.05, 3.63) is 29.3 Å². The zero-order chi connectivity index (χ0) is 10.7. The predicted octanol–water partition coefficient (Wildman–Crippen LogP) is 2.71. The van der Waals surface area contributed by atoms with Gasteiger partial charge < -0.3 is 4.74 Å². The van der Waals surface area contributed by atoms with Crippen LogP contribution >= 0.6 is 0 Å². The minimum atomic E-state index is 0.537. The summed E-state index contributed by atoms with van der Waals surface area (Å²) in [5, 5.41) is 8.69. The fourth-order valence-electron chi connectivity index (χ4n) is 2.24. The van der Waals surface area contributed by atoms with E-state index in [1.165, 1.54) is 11.1 Å². The van der Waals surface area contributed by atoms with Gasteiger partial charge in [-0.3, -0.25) is 0 Å². The first-order chi connectivity index (χ1) is 7.33. The van der Waals surface area contributed by atoms with Crippen LogP contribution < -0.4 is 4.74 Å². The molecule has 1 atom stereocenters. The number of fused-ring (bicyclic) bond motifs is 1. The summed E-state index contributed by atoms with van der Waals surface area (Å²) in [4.78, 5) is 0. The molecule has 1 aromatic rings. The van der Waals surface area contributed by atoms with Crippen molar-refractivity contribution in [3.8, 4) is 11.8 Å². The lowest BCUT2D eigenvalue weighted by Gasteiger charge is -2.23. The lowest BCUT2D eigenvalue weighted by atomic mass is 9.82. The molecule has 2 rings (SSSR count). The number of hydrogen-bond donors (Lipinski definition) is 0. The average Bonchev–Trinajstić information content (AvgIpc) is 2.28. The number of nitrogens with zero attached hydrogens (tertiary/aromatic N) is 1. The summed E-state index contributed by atoms with van der Waals surface area (Å²) in [7, 11) is 1.69. The molecule has 1 aliphatic carbocycles. The SMILES string of the molecule is COc1ccc2c(c1)CC(CC#N)CC2. The van der Waals surface area contributed by atoms with Crippen LogP contribution in [0.5, 0.6) is 5.75 Å². The molecule has 15 heavy (non-hydrogen) atoms. The van der Waals surface area contributed by atoms with Gasteiger partial charge in [0.05, 0.1) is 13.2 Å². The molecule has 0 fully saturated rings. The van der Waals surface area contributed by atoms with Gasteiger partial charge in [0.15, 0.2) is 0 Å². The first-order valence-corrected chi connectivity index (χ1v) is 5.36. The first kappa shape index (κ1) is 10.0. The van der Waals surface area contributed by atoms with Crippen molar-refractivity contribution >= 4 is 0 Å². The molecule has 0 radical (unpaired) electrons. The summed E-state index contributed by atoms with van der Waals surface area (Å²) in [6, 6.07) is 8.54. The average molecular weight is 201 g/mol. The highest BCUT2D eigenvalue weighted by molar-refractivity contribution is 5.37. The zero-order valence-corrected chi connectivity index (χ0v) is 8.99. The Hall–Kier alpha value is -1.49. The van der Waals surface area contributed by atoms with Gasteiger partial charge in [0.2, 0.25) is 0 Å². The molecule has 0 amide bonds. The van der Waals surface area contributed by atoms with E-state index in [9.17, 15) is 0 Å². The molecule has 1 aliphatic rings. The number of methoxy groups -OCH3 is 1. The van der Waals surface area contributed by atoms with E-state index >= 15 is 0 Å². The van der Waals surface area contributed by atoms with E-state index < -0.39 is 0 Å². The van der Waals surface area contributed by atoms with Crippen LogP contribution in [0.4, 0.5) is 0 Å². The fraction of sp³-hybridized carbons (Fsp3) is 0.462. The van der Waals surface area contributed by atoms with Crippen LogP contribution in [0.25, 0.3) is 0 Å². The van der Waals surface area contributed by atoms with Crippen LogP contribution in [-0.2, 0) is 12.8 Å². The largest absolute Gasteiger partial charge is 0.497 e. The summed E-state index contributed by atoms with van der Waals surface area (Å²) in [6.45, 7) is 0. The Morgan fingerprint density at radius 2 is 2.33 bits per heavy atom. The van der Waals surface area contributed by atoms with Gasteiger partial charge in [0, 0.05) is 6.42 Å². The second-order valence-corrected chi connectivity index (χ2v) is 4.11. The minimum Gasteiger partial charge on any atom is -0.497 e. The molecule has 0 bridgehead atoms. The number of nitriles is 1. The number of hydrogen-bond acceptors (Lipinski definition) is 2. The molecule has 1 unspecified atom stereocenters. The van der Waals surface area contributed by atoms with Crippen molar-refractivity contribution in [2.75, 3.05) is 7.11 Å². The minimum absolute atomic E-state index is 0.537. The summed E-state index contributed by atoms with van der Waals surface area (Å²) in [6.07, 6.45) is 3.95. The molecule has 0 saturated carbocycles. The maximum atomic E-state index is 8.69. The van der Waals surface area contributed by atoms with E-state index in [1.807, 2.05) is 6.07 Å². The van der Waals surface area contributed by atoms with Gasteiger partial charge in [-0.15, -0.1) is 0 Å². The molecule has 78 valence electrons. The molecule has 1 aromatic carbocycles. The van der Waals surface area contributed by atoms with Crippen LogP contribution in [0.15, 0.2) is 18.2 Å². The van der Waals surface area contributed by atoms with Gasteiger partial charge in [-0.2, -0.15) is 5.26 Å². The number of rotatable bonds is 2. The number of ether oxygens (including phenoxy) is 1. The molecule has 2 heteroatoms. The molecule has 0 saturated heterocycles. The van der Waals surface area contributed by atoms with Gasteiger partial charge in [0.25, 0.3) is 0 Å². The second-order valence-electron chi connectivity index (χ2n) is 4.11. The topological polar surface area (TPSA) is 33.0 Å². The summed E-state index contributed by atoms with van der Waals surface area (Å²) in [5.74, 6) is 1.46. The molecule has 2 nitrogen and oxygen atoms in total. The molecular formula is C13H15NO. The van der Waals surface area contributed by atoms with E-state index in [-0.39, 0.29) is 0 Å². The smallest absolute Gasteiger partial charge is 0.119 e. The van der Waals surface area contributed by atoms with Crippen LogP contribution in [-0.4, -0.2) is 7.11 Å². The highest BCUT2D eigenvalue weighted by Crippen LogP contribution is 2.29.